The number of hydrogen-bond donors (Lipinski definition) is 1. The quantitative estimate of drug-likeness (QED) is 0.732. The van der Waals surface area contributed by atoms with Gasteiger partial charge < -0.3 is 10.0 Å². The summed E-state index contributed by atoms with van der Waals surface area (Å²) < 4.78 is 0. The largest absolute Gasteiger partial charge is 0.393 e. The Bertz CT molecular complexity index is 338. The molecule has 2 aliphatic rings. The molecule has 24 heavy (non-hydrogen) atoms. The average molecular weight is 339 g/mol. The van der Waals surface area contributed by atoms with Crippen LogP contribution in [-0.2, 0) is 0 Å². The zero-order valence-electron chi connectivity index (χ0n) is 17.3. The lowest BCUT2D eigenvalue weighted by Crippen LogP contribution is -2.51. The minimum Gasteiger partial charge on any atom is -0.393 e. The van der Waals surface area contributed by atoms with Gasteiger partial charge in [0.2, 0.25) is 0 Å². The van der Waals surface area contributed by atoms with Crippen LogP contribution in [-0.4, -0.2) is 59.3 Å². The molecule has 3 heteroatoms. The molecule has 3 nitrogen and oxygen atoms in total. The smallest absolute Gasteiger partial charge is 0.0569 e. The monoisotopic (exact) mass is 338 g/mol. The van der Waals surface area contributed by atoms with Crippen molar-refractivity contribution in [2.45, 2.75) is 97.9 Å². The van der Waals surface area contributed by atoms with Gasteiger partial charge in [-0.3, -0.25) is 4.90 Å². The zero-order chi connectivity index (χ0) is 18.7. The molecular formula is C21H42N2O. The molecular weight excluding hydrogens is 296 g/mol. The van der Waals surface area contributed by atoms with E-state index in [4.69, 9.17) is 6.42 Å². The number of terminal acetylenes is 1. The van der Waals surface area contributed by atoms with Gasteiger partial charge in [0.1, 0.15) is 0 Å². The Hall–Kier alpha value is -0.560. The molecule has 0 aromatic heterocycles. The first-order chi connectivity index (χ1) is 11.3. The summed E-state index contributed by atoms with van der Waals surface area (Å²) in [4.78, 5) is 4.85. The molecule has 4 atom stereocenters. The molecule has 142 valence electrons. The SMILES string of the molecule is C#CC1CCCN(C)CC1.CC.CC(C)N1C(C)CC(O)C[C@H]1C. The lowest BCUT2D eigenvalue weighted by molar-refractivity contribution is -0.00378. The van der Waals surface area contributed by atoms with Crippen molar-refractivity contribution < 1.29 is 5.11 Å². The Morgan fingerprint density at radius 1 is 1.04 bits per heavy atom. The minimum atomic E-state index is -0.0787. The van der Waals surface area contributed by atoms with Crippen LogP contribution < -0.4 is 0 Å². The van der Waals surface area contributed by atoms with E-state index in [1.54, 1.807) is 0 Å². The molecule has 0 saturated carbocycles. The molecule has 2 aliphatic heterocycles. The van der Waals surface area contributed by atoms with Crippen molar-refractivity contribution in [1.29, 1.82) is 0 Å². The minimum absolute atomic E-state index is 0.0787. The van der Waals surface area contributed by atoms with E-state index in [0.29, 0.717) is 24.0 Å². The molecule has 2 fully saturated rings. The van der Waals surface area contributed by atoms with Gasteiger partial charge in [-0.25, -0.2) is 0 Å². The van der Waals surface area contributed by atoms with Gasteiger partial charge in [-0.05, 0) is 79.9 Å². The second-order valence-corrected chi connectivity index (χ2v) is 7.46. The summed E-state index contributed by atoms with van der Waals surface area (Å²) in [6.07, 6.45) is 10.8. The maximum atomic E-state index is 9.52. The van der Waals surface area contributed by atoms with Gasteiger partial charge in [0.25, 0.3) is 0 Å². The number of piperidine rings is 1. The number of aliphatic hydroxyl groups excluding tert-OH is 1. The Morgan fingerprint density at radius 2 is 1.58 bits per heavy atom. The second-order valence-electron chi connectivity index (χ2n) is 7.46. The summed E-state index contributed by atoms with van der Waals surface area (Å²) in [7, 11) is 2.17. The summed E-state index contributed by atoms with van der Waals surface area (Å²) >= 11 is 0. The Balaban J connectivity index is 0.000000405. The molecule has 0 aromatic carbocycles. The number of rotatable bonds is 1. The standard InChI is InChI=1S/C10H21NO.C9H15N.C2H6/c1-7(2)11-8(3)5-10(12)6-9(11)4;1-3-9-5-4-7-10(2)8-6-9;1-2/h7-10,12H,5-6H2,1-4H3;1,9H,4-8H2,2H3;1-2H3/t8-,9?,10?;;/m1../s1. The third-order valence-corrected chi connectivity index (χ3v) is 5.03. The van der Waals surface area contributed by atoms with E-state index >= 15 is 0 Å². The molecule has 0 aromatic rings. The van der Waals surface area contributed by atoms with Crippen LogP contribution in [0.25, 0.3) is 0 Å². The fourth-order valence-corrected chi connectivity index (χ4v) is 3.99. The van der Waals surface area contributed by atoms with Gasteiger partial charge >= 0.3 is 0 Å². The van der Waals surface area contributed by atoms with Gasteiger partial charge in [0, 0.05) is 24.0 Å². The highest BCUT2D eigenvalue weighted by atomic mass is 16.3. The van der Waals surface area contributed by atoms with Crippen molar-refractivity contribution in [3.8, 4) is 12.3 Å². The fourth-order valence-electron chi connectivity index (χ4n) is 3.99. The first kappa shape index (κ1) is 23.4. The van der Waals surface area contributed by atoms with E-state index in [9.17, 15) is 5.11 Å². The summed E-state index contributed by atoms with van der Waals surface area (Å²) in [6, 6.07) is 1.66. The summed E-state index contributed by atoms with van der Waals surface area (Å²) in [6.45, 7) is 15.3. The highest BCUT2D eigenvalue weighted by Crippen LogP contribution is 2.24. The molecule has 0 radical (unpaired) electrons. The fraction of sp³-hybridized carbons (Fsp3) is 0.905. The van der Waals surface area contributed by atoms with Gasteiger partial charge in [-0.1, -0.05) is 13.8 Å². The van der Waals surface area contributed by atoms with E-state index in [-0.39, 0.29) is 6.10 Å². The van der Waals surface area contributed by atoms with Crippen LogP contribution in [0, 0.1) is 18.3 Å². The molecule has 2 rings (SSSR count). The van der Waals surface area contributed by atoms with Crippen LogP contribution in [0.3, 0.4) is 0 Å². The van der Waals surface area contributed by atoms with Crippen molar-refractivity contribution in [3.05, 3.63) is 0 Å². The second kappa shape index (κ2) is 12.8. The highest BCUT2D eigenvalue weighted by Gasteiger charge is 2.30. The topological polar surface area (TPSA) is 26.7 Å². The predicted molar refractivity (Wildman–Crippen MR) is 106 cm³/mol. The van der Waals surface area contributed by atoms with E-state index < -0.39 is 0 Å². The van der Waals surface area contributed by atoms with Gasteiger partial charge in [-0.15, -0.1) is 12.3 Å². The van der Waals surface area contributed by atoms with Crippen molar-refractivity contribution in [1.82, 2.24) is 9.80 Å². The van der Waals surface area contributed by atoms with Crippen molar-refractivity contribution in [2.24, 2.45) is 5.92 Å². The molecule has 0 aliphatic carbocycles. The normalized spacial score (nSPS) is 31.8. The van der Waals surface area contributed by atoms with Crippen LogP contribution >= 0.6 is 0 Å². The number of aliphatic hydroxyl groups is 1. The zero-order valence-corrected chi connectivity index (χ0v) is 17.3. The number of nitrogens with zero attached hydrogens (tertiary/aromatic N) is 2. The number of likely N-dealkylation sites (tertiary alicyclic amines) is 2. The lowest BCUT2D eigenvalue weighted by Gasteiger charge is -2.43. The van der Waals surface area contributed by atoms with Crippen molar-refractivity contribution in [2.75, 3.05) is 20.1 Å². The maximum Gasteiger partial charge on any atom is 0.0569 e. The molecule has 1 N–H and O–H groups in total. The van der Waals surface area contributed by atoms with Crippen LogP contribution in [0.2, 0.25) is 0 Å². The van der Waals surface area contributed by atoms with Crippen molar-refractivity contribution >= 4 is 0 Å². The third kappa shape index (κ3) is 8.51. The first-order valence-corrected chi connectivity index (χ1v) is 9.95. The van der Waals surface area contributed by atoms with E-state index in [0.717, 1.165) is 12.8 Å². The number of hydrogen-bond acceptors (Lipinski definition) is 3. The molecule has 2 heterocycles. The summed E-state index contributed by atoms with van der Waals surface area (Å²) in [5, 5.41) is 9.52. The Morgan fingerprint density at radius 3 is 2.04 bits per heavy atom. The van der Waals surface area contributed by atoms with E-state index in [2.05, 4.69) is 50.5 Å². The van der Waals surface area contributed by atoms with E-state index in [1.165, 1.54) is 32.4 Å². The highest BCUT2D eigenvalue weighted by molar-refractivity contribution is 4.94. The maximum absolute atomic E-state index is 9.52. The Kier molecular flexibility index (Phi) is 12.5. The molecule has 2 saturated heterocycles. The lowest BCUT2D eigenvalue weighted by atomic mass is 9.93. The van der Waals surface area contributed by atoms with Gasteiger partial charge in [0.15, 0.2) is 0 Å². The van der Waals surface area contributed by atoms with Crippen molar-refractivity contribution in [3.63, 3.8) is 0 Å². The van der Waals surface area contributed by atoms with E-state index in [1.807, 2.05) is 13.8 Å². The van der Waals surface area contributed by atoms with Gasteiger partial charge in [0.05, 0.1) is 6.10 Å². The summed E-state index contributed by atoms with van der Waals surface area (Å²) in [5.41, 5.74) is 0. The molecule has 3 unspecified atom stereocenters. The van der Waals surface area contributed by atoms with Gasteiger partial charge in [-0.2, -0.15) is 0 Å². The van der Waals surface area contributed by atoms with Crippen LogP contribution in [0.15, 0.2) is 0 Å². The first-order valence-electron chi connectivity index (χ1n) is 9.95. The molecule has 0 spiro atoms. The molecule has 0 amide bonds. The third-order valence-electron chi connectivity index (χ3n) is 5.03. The predicted octanol–water partition coefficient (Wildman–Crippen LogP) is 4.01. The van der Waals surface area contributed by atoms with Crippen LogP contribution in [0.5, 0.6) is 0 Å². The average Bonchev–Trinajstić information content (AvgIpc) is 2.72. The summed E-state index contributed by atoms with van der Waals surface area (Å²) in [5.74, 6) is 3.38. The Labute approximate surface area is 151 Å². The van der Waals surface area contributed by atoms with Crippen LogP contribution in [0.4, 0.5) is 0 Å². The van der Waals surface area contributed by atoms with Crippen LogP contribution in [0.1, 0.15) is 73.6 Å². The molecule has 0 bridgehead atoms.